The van der Waals surface area contributed by atoms with E-state index in [1.54, 1.807) is 12.1 Å². The average Bonchev–Trinajstić information content (AvgIpc) is 2.79. The highest BCUT2D eigenvalue weighted by molar-refractivity contribution is 5.96. The second-order valence-electron chi connectivity index (χ2n) is 4.85. The molecule has 2 aromatic rings. The van der Waals surface area contributed by atoms with E-state index >= 15 is 0 Å². The molecule has 0 radical (unpaired) electrons. The Hall–Kier alpha value is -2.28. The van der Waals surface area contributed by atoms with Crippen molar-refractivity contribution >= 4 is 28.6 Å². The highest BCUT2D eigenvalue weighted by atomic mass is 19.1. The van der Waals surface area contributed by atoms with Crippen molar-refractivity contribution < 1.29 is 9.18 Å². The van der Waals surface area contributed by atoms with Gasteiger partial charge in [0.05, 0.1) is 10.9 Å². The first-order valence-corrected chi connectivity index (χ1v) is 6.32. The fourth-order valence-corrected chi connectivity index (χ4v) is 2.41. The molecule has 1 unspecified atom stereocenters. The fraction of sp³-hybridized carbons (Fsp3) is 0.308. The van der Waals surface area contributed by atoms with E-state index < -0.39 is 5.82 Å². The van der Waals surface area contributed by atoms with E-state index in [1.807, 2.05) is 0 Å². The van der Waals surface area contributed by atoms with E-state index in [-0.39, 0.29) is 29.0 Å². The second kappa shape index (κ2) is 4.68. The molecule has 0 bridgehead atoms. The van der Waals surface area contributed by atoms with E-state index in [0.717, 1.165) is 0 Å². The molecular weight excluding hydrogens is 261 g/mol. The van der Waals surface area contributed by atoms with Gasteiger partial charge in [-0.25, -0.2) is 9.37 Å². The van der Waals surface area contributed by atoms with Crippen molar-refractivity contribution in [1.82, 2.24) is 9.97 Å². The van der Waals surface area contributed by atoms with E-state index in [0.29, 0.717) is 25.0 Å². The highest BCUT2D eigenvalue weighted by Gasteiger charge is 2.31. The van der Waals surface area contributed by atoms with Gasteiger partial charge in [0, 0.05) is 13.0 Å². The van der Waals surface area contributed by atoms with Gasteiger partial charge >= 0.3 is 0 Å². The lowest BCUT2D eigenvalue weighted by atomic mass is 10.1. The molecule has 0 aliphatic carbocycles. The van der Waals surface area contributed by atoms with Gasteiger partial charge in [0.1, 0.15) is 11.6 Å². The molecular formula is C13H14FN5O. The van der Waals surface area contributed by atoms with Gasteiger partial charge in [-0.2, -0.15) is 4.98 Å². The third-order valence-corrected chi connectivity index (χ3v) is 3.47. The number of hydrogen-bond acceptors (Lipinski definition) is 5. The highest BCUT2D eigenvalue weighted by Crippen LogP contribution is 2.27. The summed E-state index contributed by atoms with van der Waals surface area (Å²) in [5.41, 5.74) is 11.8. The summed E-state index contributed by atoms with van der Waals surface area (Å²) in [6.07, 6.45) is 0.376. The predicted molar refractivity (Wildman–Crippen MR) is 73.4 cm³/mol. The Balaban J connectivity index is 2.08. The van der Waals surface area contributed by atoms with Gasteiger partial charge in [0.15, 0.2) is 0 Å². The molecule has 1 fully saturated rings. The zero-order valence-corrected chi connectivity index (χ0v) is 10.7. The lowest BCUT2D eigenvalue weighted by molar-refractivity contribution is -0.117. The van der Waals surface area contributed by atoms with E-state index in [9.17, 15) is 9.18 Å². The van der Waals surface area contributed by atoms with Crippen LogP contribution < -0.4 is 16.4 Å². The van der Waals surface area contributed by atoms with Crippen LogP contribution in [0.15, 0.2) is 18.2 Å². The van der Waals surface area contributed by atoms with Crippen molar-refractivity contribution in [2.45, 2.75) is 6.42 Å². The Morgan fingerprint density at radius 3 is 2.90 bits per heavy atom. The number of nitrogens with zero attached hydrogens (tertiary/aromatic N) is 3. The lowest BCUT2D eigenvalue weighted by Gasteiger charge is -2.15. The van der Waals surface area contributed by atoms with Gasteiger partial charge in [-0.1, -0.05) is 6.07 Å². The zero-order chi connectivity index (χ0) is 14.3. The Morgan fingerprint density at radius 2 is 2.20 bits per heavy atom. The zero-order valence-electron chi connectivity index (χ0n) is 10.7. The number of halogens is 1. The molecule has 1 atom stereocenters. The smallest absolute Gasteiger partial charge is 0.234 e. The third-order valence-electron chi connectivity index (χ3n) is 3.47. The molecule has 6 nitrogen and oxygen atoms in total. The lowest BCUT2D eigenvalue weighted by Crippen LogP contribution is -2.28. The number of hydrogen-bond donors (Lipinski definition) is 2. The molecule has 104 valence electrons. The minimum absolute atomic E-state index is 0.0344. The van der Waals surface area contributed by atoms with Crippen LogP contribution in [-0.4, -0.2) is 29.0 Å². The molecule has 0 spiro atoms. The number of nitrogens with two attached hydrogens (primary N) is 2. The molecule has 2 heterocycles. The molecule has 1 amide bonds. The molecule has 1 aromatic carbocycles. The second-order valence-corrected chi connectivity index (χ2v) is 4.85. The first-order chi connectivity index (χ1) is 9.60. The van der Waals surface area contributed by atoms with Crippen molar-refractivity contribution in [3.05, 3.63) is 24.0 Å². The van der Waals surface area contributed by atoms with Crippen LogP contribution >= 0.6 is 0 Å². The van der Waals surface area contributed by atoms with E-state index in [1.165, 1.54) is 11.0 Å². The number of carbonyl (C=O) groups is 1. The van der Waals surface area contributed by atoms with Gasteiger partial charge in [-0.05, 0) is 24.6 Å². The first-order valence-electron chi connectivity index (χ1n) is 6.32. The molecule has 1 aliphatic rings. The number of anilines is 2. The van der Waals surface area contributed by atoms with Crippen LogP contribution in [0.4, 0.5) is 16.2 Å². The van der Waals surface area contributed by atoms with Crippen molar-refractivity contribution in [3.8, 4) is 0 Å². The van der Waals surface area contributed by atoms with Crippen molar-refractivity contribution in [1.29, 1.82) is 0 Å². The van der Waals surface area contributed by atoms with Gasteiger partial charge in [-0.3, -0.25) is 9.69 Å². The maximum atomic E-state index is 13.7. The summed E-state index contributed by atoms with van der Waals surface area (Å²) in [6.45, 7) is 0.898. The summed E-state index contributed by atoms with van der Waals surface area (Å²) in [5.74, 6) is -0.223. The molecule has 4 N–H and O–H groups in total. The standard InChI is InChI=1S/C13H14FN5O/c14-8-2-1-3-9-11(8)12(16)18-13(17-9)19-6-7(5-15)4-10(19)20/h1-3,7H,4-6,15H2,(H2,16,17,18). The largest absolute Gasteiger partial charge is 0.383 e. The van der Waals surface area contributed by atoms with Crippen molar-refractivity contribution in [2.24, 2.45) is 11.7 Å². The first kappa shape index (κ1) is 12.7. The van der Waals surface area contributed by atoms with Gasteiger partial charge < -0.3 is 11.5 Å². The van der Waals surface area contributed by atoms with E-state index in [2.05, 4.69) is 9.97 Å². The van der Waals surface area contributed by atoms with Gasteiger partial charge in [0.2, 0.25) is 11.9 Å². The van der Waals surface area contributed by atoms with Crippen LogP contribution in [0.3, 0.4) is 0 Å². The van der Waals surface area contributed by atoms with Crippen molar-refractivity contribution in [2.75, 3.05) is 23.7 Å². The molecule has 3 rings (SSSR count). The van der Waals surface area contributed by atoms with Crippen LogP contribution in [-0.2, 0) is 4.79 Å². The summed E-state index contributed by atoms with van der Waals surface area (Å²) in [4.78, 5) is 21.7. The van der Waals surface area contributed by atoms with Crippen molar-refractivity contribution in [3.63, 3.8) is 0 Å². The molecule has 7 heteroatoms. The van der Waals surface area contributed by atoms with Crippen LogP contribution in [0.25, 0.3) is 10.9 Å². The summed E-state index contributed by atoms with van der Waals surface area (Å²) in [6, 6.07) is 4.48. The van der Waals surface area contributed by atoms with E-state index in [4.69, 9.17) is 11.5 Å². The number of benzene rings is 1. The molecule has 1 aromatic heterocycles. The van der Waals surface area contributed by atoms with Crippen LogP contribution in [0.2, 0.25) is 0 Å². The number of fused-ring (bicyclic) bond motifs is 1. The average molecular weight is 275 g/mol. The quantitative estimate of drug-likeness (QED) is 0.839. The number of rotatable bonds is 2. The SMILES string of the molecule is NCC1CC(=O)N(c2nc(N)c3c(F)cccc3n2)C1. The number of aromatic nitrogens is 2. The molecule has 1 saturated heterocycles. The molecule has 1 aliphatic heterocycles. The topological polar surface area (TPSA) is 98.1 Å². The number of carbonyl (C=O) groups excluding carboxylic acids is 1. The fourth-order valence-electron chi connectivity index (χ4n) is 2.41. The maximum Gasteiger partial charge on any atom is 0.234 e. The predicted octanol–water partition coefficient (Wildman–Crippen LogP) is 0.663. The summed E-state index contributed by atoms with van der Waals surface area (Å²) in [7, 11) is 0. The Kier molecular flexibility index (Phi) is 2.98. The Morgan fingerprint density at radius 1 is 1.40 bits per heavy atom. The van der Waals surface area contributed by atoms with Gasteiger partial charge in [-0.15, -0.1) is 0 Å². The Bertz CT molecular complexity index is 690. The van der Waals surface area contributed by atoms with Crippen LogP contribution in [0, 0.1) is 11.7 Å². The van der Waals surface area contributed by atoms with Crippen LogP contribution in [0.5, 0.6) is 0 Å². The third kappa shape index (κ3) is 1.96. The summed E-state index contributed by atoms with van der Waals surface area (Å²) in [5, 5.41) is 0.179. The van der Waals surface area contributed by atoms with Crippen LogP contribution in [0.1, 0.15) is 6.42 Å². The summed E-state index contributed by atoms with van der Waals surface area (Å²) >= 11 is 0. The monoisotopic (exact) mass is 275 g/mol. The summed E-state index contributed by atoms with van der Waals surface area (Å²) < 4.78 is 13.7. The maximum absolute atomic E-state index is 13.7. The minimum atomic E-state index is -0.473. The number of nitrogen functional groups attached to an aromatic ring is 1. The Labute approximate surface area is 114 Å². The number of amides is 1. The molecule has 0 saturated carbocycles. The minimum Gasteiger partial charge on any atom is -0.383 e. The normalized spacial score (nSPS) is 19.0. The van der Waals surface area contributed by atoms with Gasteiger partial charge in [0.25, 0.3) is 0 Å². The molecule has 20 heavy (non-hydrogen) atoms.